The van der Waals surface area contributed by atoms with E-state index in [9.17, 15) is 0 Å². The second-order valence-electron chi connectivity index (χ2n) is 11.4. The fourth-order valence-corrected chi connectivity index (χ4v) is 14.3. The molecule has 35 heavy (non-hydrogen) atoms. The molecule has 13 rings (SSSR count). The highest BCUT2D eigenvalue weighted by molar-refractivity contribution is 8.09. The van der Waals surface area contributed by atoms with Gasteiger partial charge in [0.1, 0.15) is 0 Å². The second-order valence-corrected chi connectivity index (χ2v) is 14.3. The fourth-order valence-electron chi connectivity index (χ4n) is 9.79. The van der Waals surface area contributed by atoms with E-state index >= 15 is 0 Å². The fraction of sp³-hybridized carbons (Fsp3) is 0.212. The molecule has 0 N–H and O–H groups in total. The summed E-state index contributed by atoms with van der Waals surface area (Å²) in [5.41, 5.74) is 16.4. The van der Waals surface area contributed by atoms with E-state index in [1.165, 1.54) is 0 Å². The standard InChI is InChI=1S/C33H20S2/c1-5-13-21-17(9-1)25-18-10-2-6-14-22(18)31(21)28-26(25)30-33(34-30)27-19-11-3-7-15-23(19)32(35-31,29(28)33)24-16-8-4-12-20(24)27/h1-16,25,27,29-30H. The molecule has 3 unspecified atom stereocenters. The average Bonchev–Trinajstić information content (AvgIpc) is 3.39. The minimum absolute atomic E-state index is 0.0137. The van der Waals surface area contributed by atoms with Gasteiger partial charge in [0.25, 0.3) is 0 Å². The molecule has 4 aromatic rings. The molecule has 0 amide bonds. The number of hydrogen-bond acceptors (Lipinski definition) is 2. The van der Waals surface area contributed by atoms with E-state index in [1.807, 2.05) is 5.57 Å². The topological polar surface area (TPSA) is 0 Å². The Balaban J connectivity index is 1.38. The van der Waals surface area contributed by atoms with Gasteiger partial charge in [-0.2, -0.15) is 0 Å². The Hall–Kier alpha value is -2.68. The Kier molecular flexibility index (Phi) is 2.57. The van der Waals surface area contributed by atoms with Crippen LogP contribution in [0.3, 0.4) is 0 Å². The van der Waals surface area contributed by atoms with E-state index in [0.717, 1.165) is 0 Å². The SMILES string of the molecule is c1ccc2c(c1)C1C3=C4C5C6(SC42c2ccccc21)c1ccccc1C(c1ccccc16)C51SC31. The average molecular weight is 481 g/mol. The first-order valence-corrected chi connectivity index (χ1v) is 14.5. The van der Waals surface area contributed by atoms with E-state index in [1.54, 1.807) is 50.1 Å². The van der Waals surface area contributed by atoms with Gasteiger partial charge in [-0.3, -0.25) is 0 Å². The lowest BCUT2D eigenvalue weighted by Crippen LogP contribution is -2.52. The van der Waals surface area contributed by atoms with Gasteiger partial charge in [-0.05, 0) is 55.7 Å². The van der Waals surface area contributed by atoms with Crippen LogP contribution in [0.25, 0.3) is 0 Å². The summed E-state index contributed by atoms with van der Waals surface area (Å²) in [6.45, 7) is 0. The summed E-state index contributed by atoms with van der Waals surface area (Å²) in [6, 6.07) is 38.0. The third-order valence-electron chi connectivity index (χ3n) is 10.5. The highest BCUT2D eigenvalue weighted by atomic mass is 32.2. The Morgan fingerprint density at radius 2 is 1.09 bits per heavy atom. The van der Waals surface area contributed by atoms with Crippen LogP contribution >= 0.6 is 23.5 Å². The molecule has 4 bridgehead atoms. The Morgan fingerprint density at radius 3 is 1.69 bits per heavy atom. The van der Waals surface area contributed by atoms with Crippen molar-refractivity contribution >= 4 is 23.5 Å². The van der Waals surface area contributed by atoms with E-state index in [2.05, 4.69) is 121 Å². The number of rotatable bonds is 0. The van der Waals surface area contributed by atoms with Crippen LogP contribution in [0.2, 0.25) is 0 Å². The van der Waals surface area contributed by atoms with Gasteiger partial charge in [0.15, 0.2) is 0 Å². The molecule has 0 nitrogen and oxygen atoms in total. The van der Waals surface area contributed by atoms with Crippen molar-refractivity contribution in [2.24, 2.45) is 5.92 Å². The van der Waals surface area contributed by atoms with Gasteiger partial charge in [0.05, 0.1) is 14.2 Å². The Labute approximate surface area is 212 Å². The predicted octanol–water partition coefficient (Wildman–Crippen LogP) is 7.32. The van der Waals surface area contributed by atoms with Crippen molar-refractivity contribution in [2.45, 2.75) is 31.3 Å². The maximum Gasteiger partial charge on any atom is 0.0892 e. The molecule has 7 aliphatic carbocycles. The van der Waals surface area contributed by atoms with Crippen molar-refractivity contribution in [3.8, 4) is 0 Å². The van der Waals surface area contributed by atoms with Crippen LogP contribution in [0.1, 0.15) is 56.3 Å². The van der Waals surface area contributed by atoms with Crippen LogP contribution in [0.4, 0.5) is 0 Å². The normalized spacial score (nSPS) is 40.0. The zero-order valence-corrected chi connectivity index (χ0v) is 20.5. The molecule has 2 heterocycles. The number of hydrogen-bond donors (Lipinski definition) is 0. The maximum absolute atomic E-state index is 2.48. The molecule has 2 fully saturated rings. The van der Waals surface area contributed by atoms with Crippen LogP contribution in [0.15, 0.2) is 108 Å². The molecule has 2 aliphatic heterocycles. The number of benzene rings is 4. The van der Waals surface area contributed by atoms with Crippen molar-refractivity contribution in [1.29, 1.82) is 0 Å². The van der Waals surface area contributed by atoms with E-state index in [0.29, 0.717) is 27.8 Å². The molecule has 164 valence electrons. The van der Waals surface area contributed by atoms with Crippen LogP contribution in [0, 0.1) is 5.92 Å². The Morgan fingerprint density at radius 1 is 0.571 bits per heavy atom. The Bertz CT molecular complexity index is 1670. The van der Waals surface area contributed by atoms with E-state index < -0.39 is 0 Å². The van der Waals surface area contributed by atoms with Gasteiger partial charge in [0, 0.05) is 23.0 Å². The molecule has 9 aliphatic rings. The molecule has 4 aromatic carbocycles. The van der Waals surface area contributed by atoms with Crippen molar-refractivity contribution in [3.63, 3.8) is 0 Å². The van der Waals surface area contributed by atoms with Crippen LogP contribution in [-0.2, 0) is 9.49 Å². The van der Waals surface area contributed by atoms with E-state index in [-0.39, 0.29) is 9.49 Å². The minimum Gasteiger partial charge on any atom is -0.143 e. The van der Waals surface area contributed by atoms with Gasteiger partial charge in [-0.15, -0.1) is 23.5 Å². The zero-order valence-electron chi connectivity index (χ0n) is 18.9. The van der Waals surface area contributed by atoms with Crippen LogP contribution in [0.5, 0.6) is 0 Å². The molecular formula is C33H20S2. The van der Waals surface area contributed by atoms with Gasteiger partial charge in [0.2, 0.25) is 0 Å². The lowest BCUT2D eigenvalue weighted by atomic mass is 9.52. The monoisotopic (exact) mass is 480 g/mol. The quantitative estimate of drug-likeness (QED) is 0.191. The molecule has 0 radical (unpaired) electrons. The summed E-state index contributed by atoms with van der Waals surface area (Å²) in [5.74, 6) is 1.52. The van der Waals surface area contributed by atoms with Crippen LogP contribution < -0.4 is 0 Å². The smallest absolute Gasteiger partial charge is 0.0892 e. The summed E-state index contributed by atoms with van der Waals surface area (Å²) in [4.78, 5) is 0. The maximum atomic E-state index is 2.48. The van der Waals surface area contributed by atoms with Gasteiger partial charge >= 0.3 is 0 Å². The first-order chi connectivity index (χ1) is 17.3. The molecule has 2 saturated heterocycles. The van der Waals surface area contributed by atoms with Gasteiger partial charge in [-0.1, -0.05) is 97.1 Å². The van der Waals surface area contributed by atoms with Crippen molar-refractivity contribution in [1.82, 2.24) is 0 Å². The highest BCUT2D eigenvalue weighted by Gasteiger charge is 2.87. The van der Waals surface area contributed by atoms with Crippen LogP contribution in [-0.4, -0.2) is 10.00 Å². The summed E-state index contributed by atoms with van der Waals surface area (Å²) < 4.78 is 0.215. The van der Waals surface area contributed by atoms with Crippen molar-refractivity contribution in [2.75, 3.05) is 0 Å². The summed E-state index contributed by atoms with van der Waals surface area (Å²) >= 11 is 4.63. The zero-order chi connectivity index (χ0) is 22.3. The lowest BCUT2D eigenvalue weighted by Gasteiger charge is -2.54. The first kappa shape index (κ1) is 17.7. The lowest BCUT2D eigenvalue weighted by molar-refractivity contribution is 0.342. The van der Waals surface area contributed by atoms with Gasteiger partial charge in [-0.25, -0.2) is 0 Å². The molecule has 0 aromatic heterocycles. The largest absolute Gasteiger partial charge is 0.143 e. The first-order valence-electron chi connectivity index (χ1n) is 12.8. The third kappa shape index (κ3) is 1.45. The predicted molar refractivity (Wildman–Crippen MR) is 143 cm³/mol. The molecule has 3 atom stereocenters. The molecule has 3 spiro atoms. The molecule has 2 heteroatoms. The third-order valence-corrected chi connectivity index (χ3v) is 14.2. The summed E-state index contributed by atoms with van der Waals surface area (Å²) in [6.07, 6.45) is 0. The van der Waals surface area contributed by atoms with Crippen molar-refractivity contribution in [3.05, 3.63) is 153 Å². The van der Waals surface area contributed by atoms with E-state index in [4.69, 9.17) is 0 Å². The van der Waals surface area contributed by atoms with Crippen molar-refractivity contribution < 1.29 is 0 Å². The second kappa shape index (κ2) is 5.08. The summed E-state index contributed by atoms with van der Waals surface area (Å²) in [5, 5.41) is 0.653. The minimum atomic E-state index is -0.0671. The van der Waals surface area contributed by atoms with Gasteiger partial charge < -0.3 is 0 Å². The molecular weight excluding hydrogens is 460 g/mol. The molecule has 0 saturated carbocycles. The summed E-state index contributed by atoms with van der Waals surface area (Å²) in [7, 11) is 0. The number of thioether (sulfide) groups is 2. The highest BCUT2D eigenvalue weighted by Crippen LogP contribution is 2.93.